The molecular weight excluding hydrogens is 725 g/mol. The second kappa shape index (κ2) is 13.7. The first-order valence-electron chi connectivity index (χ1n) is 21.4. The van der Waals surface area contributed by atoms with Gasteiger partial charge in [-0.05, 0) is 151 Å². The Hall–Kier alpha value is -7.16. The molecule has 2 nitrogen and oxygen atoms in total. The van der Waals surface area contributed by atoms with Crippen molar-refractivity contribution in [3.8, 4) is 22.3 Å². The SMILES string of the molecule is CN1c2ccccc2CCc2ccc(/C=C/c3ccc4c(c3)C3(c5ccccc5-c5ccccc53)c3cc(/C=C/c5ccc6c(c5)Nc5ccccc5CC6)ccc3-4)cc21. The number of hydrogen-bond acceptors (Lipinski definition) is 2. The number of nitrogens with one attached hydrogen (secondary N) is 1. The van der Waals surface area contributed by atoms with Gasteiger partial charge in [-0.25, -0.2) is 0 Å². The summed E-state index contributed by atoms with van der Waals surface area (Å²) < 4.78 is 0. The van der Waals surface area contributed by atoms with Crippen LogP contribution in [-0.2, 0) is 31.1 Å². The summed E-state index contributed by atoms with van der Waals surface area (Å²) in [5.74, 6) is 0. The van der Waals surface area contributed by atoms with E-state index < -0.39 is 5.41 Å². The zero-order chi connectivity index (χ0) is 39.8. The van der Waals surface area contributed by atoms with Gasteiger partial charge in [-0.1, -0.05) is 158 Å². The number of para-hydroxylation sites is 2. The molecule has 2 aliphatic carbocycles. The molecule has 1 spiro atoms. The molecule has 0 atom stereocenters. The van der Waals surface area contributed by atoms with Crippen molar-refractivity contribution in [1.29, 1.82) is 0 Å². The Morgan fingerprint density at radius 3 is 1.50 bits per heavy atom. The minimum absolute atomic E-state index is 0.424. The van der Waals surface area contributed by atoms with Crippen LogP contribution in [0.15, 0.2) is 170 Å². The second-order valence-corrected chi connectivity index (χ2v) is 16.9. The molecule has 2 heteroatoms. The molecule has 0 aromatic heterocycles. The van der Waals surface area contributed by atoms with Gasteiger partial charge < -0.3 is 10.2 Å². The third kappa shape index (κ3) is 5.41. The summed E-state index contributed by atoms with van der Waals surface area (Å²) in [6.07, 6.45) is 13.4. The molecule has 12 rings (SSSR count). The van der Waals surface area contributed by atoms with Crippen molar-refractivity contribution in [2.45, 2.75) is 31.1 Å². The lowest BCUT2D eigenvalue weighted by atomic mass is 9.70. The fourth-order valence-electron chi connectivity index (χ4n) is 10.7. The van der Waals surface area contributed by atoms with Gasteiger partial charge in [0, 0.05) is 29.8 Å². The van der Waals surface area contributed by atoms with Crippen molar-refractivity contribution in [2.75, 3.05) is 17.3 Å². The molecule has 2 heterocycles. The number of benzene rings is 8. The summed E-state index contributed by atoms with van der Waals surface area (Å²) >= 11 is 0. The maximum absolute atomic E-state index is 3.74. The van der Waals surface area contributed by atoms with Crippen molar-refractivity contribution >= 4 is 47.1 Å². The molecule has 1 N–H and O–H groups in total. The van der Waals surface area contributed by atoms with E-state index in [-0.39, 0.29) is 0 Å². The van der Waals surface area contributed by atoms with Crippen LogP contribution in [0, 0.1) is 0 Å². The lowest BCUT2D eigenvalue weighted by Crippen LogP contribution is -2.26. The number of anilines is 4. The number of hydrogen-bond donors (Lipinski definition) is 1. The minimum Gasteiger partial charge on any atom is -0.355 e. The lowest BCUT2D eigenvalue weighted by molar-refractivity contribution is 0.793. The van der Waals surface area contributed by atoms with Crippen LogP contribution in [0.3, 0.4) is 0 Å². The third-order valence-corrected chi connectivity index (χ3v) is 13.6. The van der Waals surface area contributed by atoms with Crippen LogP contribution in [0.4, 0.5) is 22.7 Å². The van der Waals surface area contributed by atoms with Crippen molar-refractivity contribution in [3.05, 3.63) is 237 Å². The molecule has 0 saturated heterocycles. The van der Waals surface area contributed by atoms with Crippen LogP contribution < -0.4 is 10.2 Å². The van der Waals surface area contributed by atoms with Crippen LogP contribution in [0.1, 0.15) is 66.8 Å². The highest BCUT2D eigenvalue weighted by Crippen LogP contribution is 2.63. The van der Waals surface area contributed by atoms with E-state index in [4.69, 9.17) is 0 Å². The van der Waals surface area contributed by atoms with E-state index in [1.54, 1.807) is 0 Å². The number of nitrogens with zero attached hydrogens (tertiary/aromatic N) is 1. The van der Waals surface area contributed by atoms with Gasteiger partial charge in [-0.3, -0.25) is 0 Å². The monoisotopic (exact) mass is 768 g/mol. The topological polar surface area (TPSA) is 15.3 Å². The van der Waals surface area contributed by atoms with Gasteiger partial charge in [0.1, 0.15) is 0 Å². The molecule has 8 aromatic rings. The lowest BCUT2D eigenvalue weighted by Gasteiger charge is -2.30. The Balaban J connectivity index is 0.937. The van der Waals surface area contributed by atoms with Crippen LogP contribution in [0.25, 0.3) is 46.6 Å². The van der Waals surface area contributed by atoms with E-state index in [2.05, 4.69) is 211 Å². The van der Waals surface area contributed by atoms with Gasteiger partial charge >= 0.3 is 0 Å². The van der Waals surface area contributed by atoms with Crippen LogP contribution in [0.2, 0.25) is 0 Å². The Morgan fingerprint density at radius 1 is 0.383 bits per heavy atom. The first kappa shape index (κ1) is 34.8. The van der Waals surface area contributed by atoms with Crippen molar-refractivity contribution in [2.24, 2.45) is 0 Å². The summed E-state index contributed by atoms with van der Waals surface area (Å²) in [6, 6.07) is 63.8. The summed E-state index contributed by atoms with van der Waals surface area (Å²) in [4.78, 5) is 2.37. The van der Waals surface area contributed by atoms with E-state index in [0.717, 1.165) is 25.7 Å². The molecule has 8 aromatic carbocycles. The van der Waals surface area contributed by atoms with Gasteiger partial charge in [-0.15, -0.1) is 0 Å². The standard InChI is InChI=1S/C58H44N2/c1-60-56-17-9-3-11-44(56)30-31-45-27-23-41(37-57(45)60)21-19-39-25-33-49-48-32-24-38(18-20-40-22-26-43-29-28-42-10-2-8-16-54(42)59-55(43)36-40)34-52(48)58(53(49)35-39)50-14-6-4-12-46(50)47-13-5-7-15-51(47)58/h2-27,32-37,59H,28-31H2,1H3/b20-18+,21-19+. The average molecular weight is 769 g/mol. The molecule has 0 fully saturated rings. The van der Waals surface area contributed by atoms with Gasteiger partial charge in [0.25, 0.3) is 0 Å². The maximum Gasteiger partial charge on any atom is 0.0725 e. The number of aryl methyl sites for hydroxylation is 4. The zero-order valence-corrected chi connectivity index (χ0v) is 33.8. The molecule has 4 aliphatic rings. The molecule has 0 unspecified atom stereocenters. The molecule has 2 aliphatic heterocycles. The molecular formula is C58H44N2. The van der Waals surface area contributed by atoms with Gasteiger partial charge in [0.05, 0.1) is 5.41 Å². The molecule has 0 radical (unpaired) electrons. The zero-order valence-electron chi connectivity index (χ0n) is 33.8. The van der Waals surface area contributed by atoms with Gasteiger partial charge in [-0.2, -0.15) is 0 Å². The average Bonchev–Trinajstić information content (AvgIpc) is 3.60. The molecule has 60 heavy (non-hydrogen) atoms. The van der Waals surface area contributed by atoms with E-state index in [1.807, 2.05) is 0 Å². The molecule has 0 saturated carbocycles. The Labute approximate surface area is 352 Å². The van der Waals surface area contributed by atoms with Crippen molar-refractivity contribution in [1.82, 2.24) is 0 Å². The fourth-order valence-corrected chi connectivity index (χ4v) is 10.7. The normalized spacial score (nSPS) is 14.9. The predicted octanol–water partition coefficient (Wildman–Crippen LogP) is 14.1. The largest absolute Gasteiger partial charge is 0.355 e. The summed E-state index contributed by atoms with van der Waals surface area (Å²) in [7, 11) is 2.21. The first-order chi connectivity index (χ1) is 29.6. The fraction of sp³-hybridized carbons (Fsp3) is 0.103. The van der Waals surface area contributed by atoms with E-state index in [1.165, 1.54) is 112 Å². The highest BCUT2D eigenvalue weighted by Gasteiger charge is 2.51. The van der Waals surface area contributed by atoms with E-state index in [9.17, 15) is 0 Å². The van der Waals surface area contributed by atoms with Crippen LogP contribution in [-0.4, -0.2) is 7.05 Å². The highest BCUT2D eigenvalue weighted by molar-refractivity contribution is 5.96. The van der Waals surface area contributed by atoms with Crippen LogP contribution in [0.5, 0.6) is 0 Å². The number of rotatable bonds is 4. The second-order valence-electron chi connectivity index (χ2n) is 16.9. The van der Waals surface area contributed by atoms with Crippen molar-refractivity contribution < 1.29 is 0 Å². The Bertz CT molecular complexity index is 3060. The van der Waals surface area contributed by atoms with Gasteiger partial charge in [0.15, 0.2) is 0 Å². The smallest absolute Gasteiger partial charge is 0.0725 e. The Kier molecular flexibility index (Phi) is 7.96. The predicted molar refractivity (Wildman–Crippen MR) is 253 cm³/mol. The number of fused-ring (bicyclic) bond motifs is 14. The minimum atomic E-state index is -0.424. The Morgan fingerprint density at radius 2 is 0.833 bits per heavy atom. The molecule has 0 amide bonds. The highest BCUT2D eigenvalue weighted by atomic mass is 15.1. The van der Waals surface area contributed by atoms with Crippen LogP contribution >= 0.6 is 0 Å². The van der Waals surface area contributed by atoms with E-state index >= 15 is 0 Å². The van der Waals surface area contributed by atoms with Crippen molar-refractivity contribution in [3.63, 3.8) is 0 Å². The quantitative estimate of drug-likeness (QED) is 0.179. The molecule has 0 bridgehead atoms. The first-order valence-corrected chi connectivity index (χ1v) is 21.4. The summed E-state index contributed by atoms with van der Waals surface area (Å²) in [6.45, 7) is 0. The summed E-state index contributed by atoms with van der Waals surface area (Å²) in [5, 5.41) is 3.74. The molecule has 286 valence electrons. The van der Waals surface area contributed by atoms with Gasteiger partial charge in [0.2, 0.25) is 0 Å². The third-order valence-electron chi connectivity index (χ3n) is 13.6. The van der Waals surface area contributed by atoms with E-state index in [0.29, 0.717) is 0 Å². The summed E-state index contributed by atoms with van der Waals surface area (Å²) in [5.41, 5.74) is 25.6. The maximum atomic E-state index is 3.74.